The number of nitrogens with zero attached hydrogens (tertiary/aromatic N) is 2. The molecule has 0 unspecified atom stereocenters. The fraction of sp³-hybridized carbons (Fsp3) is 0. The highest BCUT2D eigenvalue weighted by atomic mass is 16.3. The molecule has 0 aliphatic carbocycles. The van der Waals surface area contributed by atoms with Gasteiger partial charge >= 0.3 is 0 Å². The van der Waals surface area contributed by atoms with Crippen LogP contribution in [0.5, 0.6) is 5.75 Å². The summed E-state index contributed by atoms with van der Waals surface area (Å²) in [4.78, 5) is 8.40. The summed E-state index contributed by atoms with van der Waals surface area (Å²) in [6, 6.07) is 13.1. The first-order valence-electron chi connectivity index (χ1n) is 5.59. The lowest BCUT2D eigenvalue weighted by molar-refractivity contribution is 0.475. The molecular weight excluding hydrogens is 226 g/mol. The lowest BCUT2D eigenvalue weighted by Crippen LogP contribution is -1.94. The van der Waals surface area contributed by atoms with E-state index in [9.17, 15) is 5.11 Å². The number of aromatic nitrogens is 2. The summed E-state index contributed by atoms with van der Waals surface area (Å²) in [5.41, 5.74) is 1.73. The van der Waals surface area contributed by atoms with E-state index in [1.165, 1.54) is 0 Å². The second-order valence-electron chi connectivity index (χ2n) is 3.91. The molecule has 0 aliphatic heterocycles. The summed E-state index contributed by atoms with van der Waals surface area (Å²) in [6.45, 7) is 0. The standard InChI is InChI=1S/C14H11N3O/c18-13-6-3-7-15-14(13)17-11-8-10-4-1-2-5-12(10)16-9-11/h1-9,18H,(H,15,17). The van der Waals surface area contributed by atoms with Crippen LogP contribution in [0.3, 0.4) is 0 Å². The van der Waals surface area contributed by atoms with Crippen molar-refractivity contribution in [3.8, 4) is 5.75 Å². The smallest absolute Gasteiger partial charge is 0.172 e. The maximum atomic E-state index is 9.64. The third-order valence-electron chi connectivity index (χ3n) is 2.64. The Balaban J connectivity index is 1.98. The molecule has 4 nitrogen and oxygen atoms in total. The van der Waals surface area contributed by atoms with E-state index < -0.39 is 0 Å². The van der Waals surface area contributed by atoms with Crippen LogP contribution in [0, 0.1) is 0 Å². The highest BCUT2D eigenvalue weighted by Gasteiger charge is 2.02. The van der Waals surface area contributed by atoms with Crippen LogP contribution in [-0.4, -0.2) is 15.1 Å². The second-order valence-corrected chi connectivity index (χ2v) is 3.91. The van der Waals surface area contributed by atoms with Gasteiger partial charge in [0.25, 0.3) is 0 Å². The van der Waals surface area contributed by atoms with Crippen molar-refractivity contribution >= 4 is 22.4 Å². The van der Waals surface area contributed by atoms with Crippen LogP contribution in [0.4, 0.5) is 11.5 Å². The molecule has 0 amide bonds. The summed E-state index contributed by atoms with van der Waals surface area (Å²) in [7, 11) is 0. The molecule has 3 rings (SSSR count). The van der Waals surface area contributed by atoms with E-state index >= 15 is 0 Å². The summed E-state index contributed by atoms with van der Waals surface area (Å²) in [5, 5.41) is 13.7. The van der Waals surface area contributed by atoms with Gasteiger partial charge in [0.15, 0.2) is 11.6 Å². The third-order valence-corrected chi connectivity index (χ3v) is 2.64. The van der Waals surface area contributed by atoms with E-state index in [0.29, 0.717) is 5.82 Å². The van der Waals surface area contributed by atoms with Gasteiger partial charge in [-0.05, 0) is 24.3 Å². The van der Waals surface area contributed by atoms with Crippen molar-refractivity contribution < 1.29 is 5.11 Å². The lowest BCUT2D eigenvalue weighted by atomic mass is 10.2. The third kappa shape index (κ3) is 1.96. The van der Waals surface area contributed by atoms with Crippen molar-refractivity contribution in [1.82, 2.24) is 9.97 Å². The number of para-hydroxylation sites is 1. The first-order chi connectivity index (χ1) is 8.83. The predicted molar refractivity (Wildman–Crippen MR) is 70.9 cm³/mol. The van der Waals surface area contributed by atoms with Crippen molar-refractivity contribution in [3.05, 3.63) is 54.9 Å². The van der Waals surface area contributed by atoms with Crippen LogP contribution >= 0.6 is 0 Å². The van der Waals surface area contributed by atoms with E-state index in [0.717, 1.165) is 16.6 Å². The Hall–Kier alpha value is -2.62. The summed E-state index contributed by atoms with van der Waals surface area (Å²) in [6.07, 6.45) is 3.34. The molecule has 1 aromatic carbocycles. The molecule has 88 valence electrons. The van der Waals surface area contributed by atoms with Crippen molar-refractivity contribution in [3.63, 3.8) is 0 Å². The second kappa shape index (κ2) is 4.33. The van der Waals surface area contributed by atoms with E-state index in [2.05, 4.69) is 15.3 Å². The van der Waals surface area contributed by atoms with Gasteiger partial charge < -0.3 is 10.4 Å². The zero-order valence-electron chi connectivity index (χ0n) is 9.54. The highest BCUT2D eigenvalue weighted by Crippen LogP contribution is 2.24. The number of pyridine rings is 2. The van der Waals surface area contributed by atoms with Crippen LogP contribution in [0.2, 0.25) is 0 Å². The molecule has 2 N–H and O–H groups in total. The topological polar surface area (TPSA) is 58.0 Å². The van der Waals surface area contributed by atoms with Crippen LogP contribution in [0.15, 0.2) is 54.9 Å². The van der Waals surface area contributed by atoms with Crippen molar-refractivity contribution in [2.75, 3.05) is 5.32 Å². The number of hydrogen-bond acceptors (Lipinski definition) is 4. The average Bonchev–Trinajstić information content (AvgIpc) is 2.41. The predicted octanol–water partition coefficient (Wildman–Crippen LogP) is 3.08. The summed E-state index contributed by atoms with van der Waals surface area (Å²) < 4.78 is 0. The molecule has 0 aliphatic rings. The zero-order chi connectivity index (χ0) is 12.4. The summed E-state index contributed by atoms with van der Waals surface area (Å²) >= 11 is 0. The number of fused-ring (bicyclic) bond motifs is 1. The number of benzene rings is 1. The minimum absolute atomic E-state index is 0.116. The number of rotatable bonds is 2. The summed E-state index contributed by atoms with van der Waals surface area (Å²) in [5.74, 6) is 0.542. The van der Waals surface area contributed by atoms with Gasteiger partial charge in [-0.25, -0.2) is 4.98 Å². The first kappa shape index (κ1) is 10.5. The monoisotopic (exact) mass is 237 g/mol. The Morgan fingerprint density at radius 3 is 2.78 bits per heavy atom. The van der Waals surface area contributed by atoms with Gasteiger partial charge in [-0.3, -0.25) is 4.98 Å². The fourth-order valence-corrected chi connectivity index (χ4v) is 1.77. The molecule has 4 heteroatoms. The van der Waals surface area contributed by atoms with Crippen LogP contribution in [0.1, 0.15) is 0 Å². The lowest BCUT2D eigenvalue weighted by Gasteiger charge is -2.07. The molecule has 2 heterocycles. The van der Waals surface area contributed by atoms with Crippen LogP contribution in [-0.2, 0) is 0 Å². The van der Waals surface area contributed by atoms with Gasteiger partial charge in [-0.15, -0.1) is 0 Å². The average molecular weight is 237 g/mol. The molecule has 0 spiro atoms. The normalized spacial score (nSPS) is 10.4. The van der Waals surface area contributed by atoms with Crippen LogP contribution < -0.4 is 5.32 Å². The largest absolute Gasteiger partial charge is 0.504 e. The van der Waals surface area contributed by atoms with E-state index in [4.69, 9.17) is 0 Å². The molecule has 0 saturated carbocycles. The Morgan fingerprint density at radius 1 is 1.00 bits per heavy atom. The Bertz CT molecular complexity index is 697. The molecule has 0 saturated heterocycles. The minimum atomic E-state index is 0.116. The minimum Gasteiger partial charge on any atom is -0.504 e. The molecule has 0 radical (unpaired) electrons. The SMILES string of the molecule is Oc1cccnc1Nc1cnc2ccccc2c1. The molecule has 0 fully saturated rings. The number of nitrogens with one attached hydrogen (secondary N) is 1. The Labute approximate surface area is 104 Å². The van der Waals surface area contributed by atoms with Crippen molar-refractivity contribution in [2.45, 2.75) is 0 Å². The number of hydrogen-bond donors (Lipinski definition) is 2. The molecular formula is C14H11N3O. The van der Waals surface area contributed by atoms with Gasteiger partial charge in [-0.2, -0.15) is 0 Å². The van der Waals surface area contributed by atoms with Crippen molar-refractivity contribution in [1.29, 1.82) is 0 Å². The van der Waals surface area contributed by atoms with Gasteiger partial charge in [0.05, 0.1) is 17.4 Å². The Morgan fingerprint density at radius 2 is 1.89 bits per heavy atom. The van der Waals surface area contributed by atoms with Crippen LogP contribution in [0.25, 0.3) is 10.9 Å². The maximum absolute atomic E-state index is 9.64. The first-order valence-corrected chi connectivity index (χ1v) is 5.59. The van der Waals surface area contributed by atoms with Gasteiger partial charge in [0.1, 0.15) is 0 Å². The van der Waals surface area contributed by atoms with Gasteiger partial charge in [-0.1, -0.05) is 18.2 Å². The molecule has 3 aromatic rings. The highest BCUT2D eigenvalue weighted by molar-refractivity contribution is 5.82. The maximum Gasteiger partial charge on any atom is 0.172 e. The molecule has 18 heavy (non-hydrogen) atoms. The quantitative estimate of drug-likeness (QED) is 0.719. The van der Waals surface area contributed by atoms with E-state index in [-0.39, 0.29) is 5.75 Å². The van der Waals surface area contributed by atoms with Crippen molar-refractivity contribution in [2.24, 2.45) is 0 Å². The Kier molecular flexibility index (Phi) is 2.53. The molecule has 0 bridgehead atoms. The number of aromatic hydroxyl groups is 1. The van der Waals surface area contributed by atoms with E-state index in [1.54, 1.807) is 24.5 Å². The fourth-order valence-electron chi connectivity index (χ4n) is 1.77. The zero-order valence-corrected chi connectivity index (χ0v) is 9.54. The molecule has 2 aromatic heterocycles. The molecule has 0 atom stereocenters. The van der Waals surface area contributed by atoms with E-state index in [1.807, 2.05) is 30.3 Å². The number of anilines is 2. The van der Waals surface area contributed by atoms with Gasteiger partial charge in [0.2, 0.25) is 0 Å². The van der Waals surface area contributed by atoms with Gasteiger partial charge in [0, 0.05) is 11.6 Å².